The molecule has 18 heavy (non-hydrogen) atoms. The van der Waals surface area contributed by atoms with Crippen LogP contribution in [0.25, 0.3) is 0 Å². The van der Waals surface area contributed by atoms with Gasteiger partial charge in [-0.1, -0.05) is 6.07 Å². The Morgan fingerprint density at radius 1 is 1.44 bits per heavy atom. The number of hydrogen-bond donors (Lipinski definition) is 0. The highest BCUT2D eigenvalue weighted by Crippen LogP contribution is 2.19. The van der Waals surface area contributed by atoms with E-state index < -0.39 is 0 Å². The summed E-state index contributed by atoms with van der Waals surface area (Å²) in [6.45, 7) is 0.764. The molecule has 1 fully saturated rings. The molecule has 4 heteroatoms. The van der Waals surface area contributed by atoms with Crippen molar-refractivity contribution >= 4 is 21.7 Å². The lowest BCUT2D eigenvalue weighted by Gasteiger charge is -2.21. The van der Waals surface area contributed by atoms with Crippen molar-refractivity contribution in [1.29, 1.82) is 0 Å². The van der Waals surface area contributed by atoms with Crippen LogP contribution >= 0.6 is 15.9 Å². The molecule has 0 aromatic heterocycles. The molecule has 1 saturated heterocycles. The van der Waals surface area contributed by atoms with Crippen LogP contribution in [0.2, 0.25) is 0 Å². The van der Waals surface area contributed by atoms with Crippen LogP contribution < -0.4 is 0 Å². The fraction of sp³-hybridized carbons (Fsp3) is 0.500. The first kappa shape index (κ1) is 13.7. The smallest absolute Gasteiger partial charge is 0.139 e. The number of hydrogen-bond acceptors (Lipinski definition) is 2. The van der Waals surface area contributed by atoms with Crippen molar-refractivity contribution in [2.45, 2.75) is 38.2 Å². The molecule has 1 aliphatic rings. The van der Waals surface area contributed by atoms with E-state index in [4.69, 9.17) is 4.74 Å². The van der Waals surface area contributed by atoms with Crippen LogP contribution in [0.3, 0.4) is 0 Å². The fourth-order valence-electron chi connectivity index (χ4n) is 2.17. The Bertz CT molecular complexity index is 428. The molecule has 0 N–H and O–H groups in total. The Labute approximate surface area is 115 Å². The second kappa shape index (κ2) is 6.43. The zero-order valence-corrected chi connectivity index (χ0v) is 11.7. The van der Waals surface area contributed by atoms with Gasteiger partial charge in [0.2, 0.25) is 0 Å². The zero-order chi connectivity index (χ0) is 13.0. The topological polar surface area (TPSA) is 26.3 Å². The van der Waals surface area contributed by atoms with Crippen molar-refractivity contribution < 1.29 is 13.9 Å². The molecule has 1 aliphatic heterocycles. The summed E-state index contributed by atoms with van der Waals surface area (Å²) in [6, 6.07) is 4.69. The predicted octanol–water partition coefficient (Wildman–Crippen LogP) is 3.66. The largest absolute Gasteiger partial charge is 0.378 e. The second-order valence-corrected chi connectivity index (χ2v) is 5.51. The fourth-order valence-corrected chi connectivity index (χ4v) is 2.60. The van der Waals surface area contributed by atoms with E-state index in [1.54, 1.807) is 12.1 Å². The average Bonchev–Trinajstić information content (AvgIpc) is 2.35. The molecule has 2 nitrogen and oxygen atoms in total. The molecule has 0 saturated carbocycles. The SMILES string of the molecule is O=C(Cc1ccc(F)c(Br)c1)CC1CCCCO1. The van der Waals surface area contributed by atoms with Gasteiger partial charge in [0.15, 0.2) is 0 Å². The lowest BCUT2D eigenvalue weighted by molar-refractivity contribution is -0.122. The van der Waals surface area contributed by atoms with Gasteiger partial charge in [-0.3, -0.25) is 4.79 Å². The predicted molar refractivity (Wildman–Crippen MR) is 71.0 cm³/mol. The molecule has 1 heterocycles. The summed E-state index contributed by atoms with van der Waals surface area (Å²) in [5.41, 5.74) is 0.837. The van der Waals surface area contributed by atoms with Gasteiger partial charge in [0.1, 0.15) is 11.6 Å². The van der Waals surface area contributed by atoms with Crippen molar-refractivity contribution in [2.24, 2.45) is 0 Å². The van der Waals surface area contributed by atoms with Crippen molar-refractivity contribution in [3.63, 3.8) is 0 Å². The molecule has 98 valence electrons. The van der Waals surface area contributed by atoms with Crippen LogP contribution in [0.5, 0.6) is 0 Å². The molecule has 1 unspecified atom stereocenters. The molecule has 0 amide bonds. The van der Waals surface area contributed by atoms with Crippen molar-refractivity contribution in [3.8, 4) is 0 Å². The summed E-state index contributed by atoms with van der Waals surface area (Å²) < 4.78 is 19.0. The van der Waals surface area contributed by atoms with E-state index in [0.717, 1.165) is 31.4 Å². The summed E-state index contributed by atoms with van der Waals surface area (Å²) in [5.74, 6) is -0.151. The maximum atomic E-state index is 13.1. The number of carbonyl (C=O) groups excluding carboxylic acids is 1. The van der Waals surface area contributed by atoms with Crippen LogP contribution in [-0.4, -0.2) is 18.5 Å². The Morgan fingerprint density at radius 2 is 2.28 bits per heavy atom. The van der Waals surface area contributed by atoms with Crippen LogP contribution in [0.4, 0.5) is 4.39 Å². The summed E-state index contributed by atoms with van der Waals surface area (Å²) in [6.07, 6.45) is 4.09. The van der Waals surface area contributed by atoms with E-state index in [-0.39, 0.29) is 17.7 Å². The third-order valence-electron chi connectivity index (χ3n) is 3.11. The minimum atomic E-state index is -0.304. The first-order valence-corrected chi connectivity index (χ1v) is 7.01. The van der Waals surface area contributed by atoms with Crippen LogP contribution in [-0.2, 0) is 16.0 Å². The van der Waals surface area contributed by atoms with Gasteiger partial charge in [0, 0.05) is 19.4 Å². The van der Waals surface area contributed by atoms with E-state index in [0.29, 0.717) is 17.3 Å². The number of Topliss-reactive ketones (excluding diaryl/α,β-unsaturated/α-hetero) is 1. The van der Waals surface area contributed by atoms with Crippen molar-refractivity contribution in [1.82, 2.24) is 0 Å². The molecule has 0 radical (unpaired) electrons. The summed E-state index contributed by atoms with van der Waals surface area (Å²) in [4.78, 5) is 11.9. The van der Waals surface area contributed by atoms with E-state index in [1.807, 2.05) is 0 Å². The monoisotopic (exact) mass is 314 g/mol. The molecule has 1 aromatic carbocycles. The normalized spacial score (nSPS) is 19.8. The number of carbonyl (C=O) groups is 1. The Hall–Kier alpha value is -0.740. The van der Waals surface area contributed by atoms with Crippen LogP contribution in [0.1, 0.15) is 31.2 Å². The number of halogens is 2. The summed E-state index contributed by atoms with van der Waals surface area (Å²) in [7, 11) is 0. The molecular weight excluding hydrogens is 299 g/mol. The second-order valence-electron chi connectivity index (χ2n) is 4.66. The lowest BCUT2D eigenvalue weighted by Crippen LogP contribution is -2.23. The number of rotatable bonds is 4. The van der Waals surface area contributed by atoms with Crippen LogP contribution in [0.15, 0.2) is 22.7 Å². The standard InChI is InChI=1S/C14H16BrFO2/c15-13-8-10(4-5-14(13)16)7-11(17)9-12-3-1-2-6-18-12/h4-5,8,12H,1-3,6-7,9H2. The quantitative estimate of drug-likeness (QED) is 0.847. The van der Waals surface area contributed by atoms with E-state index in [9.17, 15) is 9.18 Å². The van der Waals surface area contributed by atoms with Gasteiger partial charge in [-0.2, -0.15) is 0 Å². The molecule has 0 bridgehead atoms. The Kier molecular flexibility index (Phi) is 4.89. The summed E-state index contributed by atoms with van der Waals surface area (Å²) in [5, 5.41) is 0. The van der Waals surface area contributed by atoms with E-state index in [2.05, 4.69) is 15.9 Å². The van der Waals surface area contributed by atoms with Crippen molar-refractivity contribution in [3.05, 3.63) is 34.1 Å². The number of benzene rings is 1. The minimum Gasteiger partial charge on any atom is -0.378 e. The van der Waals surface area contributed by atoms with E-state index in [1.165, 1.54) is 6.07 Å². The Morgan fingerprint density at radius 3 is 2.94 bits per heavy atom. The lowest BCUT2D eigenvalue weighted by atomic mass is 10.0. The highest BCUT2D eigenvalue weighted by atomic mass is 79.9. The van der Waals surface area contributed by atoms with Gasteiger partial charge < -0.3 is 4.74 Å². The van der Waals surface area contributed by atoms with Crippen molar-refractivity contribution in [2.75, 3.05) is 6.61 Å². The first-order valence-electron chi connectivity index (χ1n) is 6.22. The molecule has 1 atom stereocenters. The first-order chi connectivity index (χ1) is 8.65. The van der Waals surface area contributed by atoms with Gasteiger partial charge >= 0.3 is 0 Å². The highest BCUT2D eigenvalue weighted by Gasteiger charge is 2.17. The molecular formula is C14H16BrFO2. The maximum absolute atomic E-state index is 13.1. The zero-order valence-electron chi connectivity index (χ0n) is 10.1. The van der Waals surface area contributed by atoms with Gasteiger partial charge in [0.25, 0.3) is 0 Å². The minimum absolute atomic E-state index is 0.0788. The van der Waals surface area contributed by atoms with Gasteiger partial charge in [-0.15, -0.1) is 0 Å². The molecule has 1 aromatic rings. The molecule has 0 spiro atoms. The van der Waals surface area contributed by atoms with Crippen LogP contribution in [0, 0.1) is 5.82 Å². The summed E-state index contributed by atoms with van der Waals surface area (Å²) >= 11 is 3.12. The maximum Gasteiger partial charge on any atom is 0.139 e. The van der Waals surface area contributed by atoms with Gasteiger partial charge in [0.05, 0.1) is 10.6 Å². The van der Waals surface area contributed by atoms with Gasteiger partial charge in [-0.05, 0) is 52.9 Å². The third-order valence-corrected chi connectivity index (χ3v) is 3.72. The molecule has 2 rings (SSSR count). The van der Waals surface area contributed by atoms with E-state index >= 15 is 0 Å². The molecule has 0 aliphatic carbocycles. The number of ether oxygens (including phenoxy) is 1. The highest BCUT2D eigenvalue weighted by molar-refractivity contribution is 9.10. The Balaban J connectivity index is 1.88. The van der Waals surface area contributed by atoms with Gasteiger partial charge in [-0.25, -0.2) is 4.39 Å². The number of ketones is 1. The average molecular weight is 315 g/mol. The third kappa shape index (κ3) is 3.89.